The van der Waals surface area contributed by atoms with Crippen molar-refractivity contribution >= 4 is 0 Å². The fourth-order valence-corrected chi connectivity index (χ4v) is 2.45. The van der Waals surface area contributed by atoms with E-state index in [1.807, 2.05) is 20.0 Å². The van der Waals surface area contributed by atoms with Gasteiger partial charge in [0.1, 0.15) is 5.75 Å². The minimum atomic E-state index is 0.138. The Kier molecular flexibility index (Phi) is 5.34. The van der Waals surface area contributed by atoms with E-state index in [0.29, 0.717) is 0 Å². The highest BCUT2D eigenvalue weighted by molar-refractivity contribution is 5.38. The molecule has 1 N–H and O–H groups in total. The molecule has 0 saturated carbocycles. The summed E-state index contributed by atoms with van der Waals surface area (Å²) in [5.41, 5.74) is 3.69. The molecule has 0 fully saturated rings. The number of ether oxygens (including phenoxy) is 1. The number of nitrogens with zero attached hydrogens (tertiary/aromatic N) is 1. The van der Waals surface area contributed by atoms with E-state index in [0.717, 1.165) is 17.9 Å². The van der Waals surface area contributed by atoms with E-state index in [4.69, 9.17) is 4.74 Å². The normalized spacial score (nSPS) is 12.4. The van der Waals surface area contributed by atoms with E-state index >= 15 is 0 Å². The Morgan fingerprint density at radius 3 is 2.62 bits per heavy atom. The largest absolute Gasteiger partial charge is 0.489 e. The lowest BCUT2D eigenvalue weighted by Gasteiger charge is -2.21. The van der Waals surface area contributed by atoms with E-state index in [2.05, 4.69) is 54.5 Å². The van der Waals surface area contributed by atoms with Gasteiger partial charge < -0.3 is 10.1 Å². The molecule has 21 heavy (non-hydrogen) atoms. The number of aromatic nitrogens is 1. The molecule has 0 spiro atoms. The Bertz CT molecular complexity index is 581. The summed E-state index contributed by atoms with van der Waals surface area (Å²) in [7, 11) is 0. The van der Waals surface area contributed by atoms with Crippen molar-refractivity contribution in [1.82, 2.24) is 10.3 Å². The van der Waals surface area contributed by atoms with E-state index in [1.54, 1.807) is 6.20 Å². The maximum absolute atomic E-state index is 5.76. The first-order valence-corrected chi connectivity index (χ1v) is 7.52. The molecule has 0 amide bonds. The summed E-state index contributed by atoms with van der Waals surface area (Å²) in [6.07, 6.45) is 3.83. The predicted molar refractivity (Wildman–Crippen MR) is 86.7 cm³/mol. The van der Waals surface area contributed by atoms with Crippen molar-refractivity contribution < 1.29 is 4.74 Å². The summed E-state index contributed by atoms with van der Waals surface area (Å²) in [6, 6.07) is 10.7. The standard InChI is InChI=1S/C18H24N2O/c1-5-20-18(17-9-7-6-8-14(17)4)15-10-16(12-19-11-15)21-13(2)3/h6-13,18,20H,5H2,1-4H3. The molecule has 0 aliphatic carbocycles. The van der Waals surface area contributed by atoms with Gasteiger partial charge in [0.15, 0.2) is 0 Å². The predicted octanol–water partition coefficient (Wildman–Crippen LogP) is 3.88. The lowest BCUT2D eigenvalue weighted by atomic mass is 9.96. The van der Waals surface area contributed by atoms with E-state index < -0.39 is 0 Å². The van der Waals surface area contributed by atoms with Crippen LogP contribution in [0.1, 0.15) is 43.5 Å². The van der Waals surface area contributed by atoms with Crippen molar-refractivity contribution in [3.8, 4) is 5.75 Å². The average Bonchev–Trinajstić information content (AvgIpc) is 2.45. The van der Waals surface area contributed by atoms with Crippen molar-refractivity contribution in [2.75, 3.05) is 6.54 Å². The Hall–Kier alpha value is -1.87. The second kappa shape index (κ2) is 7.23. The van der Waals surface area contributed by atoms with Crippen molar-refractivity contribution in [3.05, 3.63) is 59.4 Å². The van der Waals surface area contributed by atoms with Crippen LogP contribution in [0.3, 0.4) is 0 Å². The van der Waals surface area contributed by atoms with Gasteiger partial charge >= 0.3 is 0 Å². The minimum Gasteiger partial charge on any atom is -0.489 e. The first kappa shape index (κ1) is 15.5. The molecule has 0 saturated heterocycles. The van der Waals surface area contributed by atoms with E-state index in [-0.39, 0.29) is 12.1 Å². The summed E-state index contributed by atoms with van der Waals surface area (Å²) in [4.78, 5) is 4.33. The highest BCUT2D eigenvalue weighted by Crippen LogP contribution is 2.26. The van der Waals surface area contributed by atoms with Gasteiger partial charge in [-0.2, -0.15) is 0 Å². The molecule has 2 rings (SSSR count). The topological polar surface area (TPSA) is 34.2 Å². The highest BCUT2D eigenvalue weighted by Gasteiger charge is 2.16. The summed E-state index contributed by atoms with van der Waals surface area (Å²) in [5, 5.41) is 3.54. The second-order valence-electron chi connectivity index (χ2n) is 5.47. The SMILES string of the molecule is CCNC(c1cncc(OC(C)C)c1)c1ccccc1C. The van der Waals surface area contributed by atoms with E-state index in [1.165, 1.54) is 11.1 Å². The van der Waals surface area contributed by atoms with Crippen LogP contribution in [0.4, 0.5) is 0 Å². The molecule has 0 bridgehead atoms. The maximum Gasteiger partial charge on any atom is 0.138 e. The third-order valence-electron chi connectivity index (χ3n) is 3.35. The van der Waals surface area contributed by atoms with Crippen LogP contribution in [-0.2, 0) is 0 Å². The van der Waals surface area contributed by atoms with Crippen molar-refractivity contribution in [2.45, 2.75) is 39.8 Å². The number of pyridine rings is 1. The molecule has 0 aliphatic rings. The Balaban J connectivity index is 2.36. The van der Waals surface area contributed by atoms with Gasteiger partial charge in [0, 0.05) is 6.20 Å². The van der Waals surface area contributed by atoms with Crippen LogP contribution in [0.2, 0.25) is 0 Å². The molecular weight excluding hydrogens is 260 g/mol. The molecular formula is C18H24N2O. The number of nitrogens with one attached hydrogen (secondary N) is 1. The van der Waals surface area contributed by atoms with Crippen LogP contribution < -0.4 is 10.1 Å². The van der Waals surface area contributed by atoms with Crippen LogP contribution in [0.5, 0.6) is 5.75 Å². The average molecular weight is 284 g/mol. The zero-order valence-corrected chi connectivity index (χ0v) is 13.3. The Labute approximate surface area is 127 Å². The lowest BCUT2D eigenvalue weighted by Crippen LogP contribution is -2.23. The van der Waals surface area contributed by atoms with Crippen LogP contribution in [0, 0.1) is 6.92 Å². The third kappa shape index (κ3) is 4.05. The molecule has 2 aromatic rings. The van der Waals surface area contributed by atoms with Gasteiger partial charge in [0.2, 0.25) is 0 Å². The number of benzene rings is 1. The molecule has 1 unspecified atom stereocenters. The summed E-state index contributed by atoms with van der Waals surface area (Å²) in [5.74, 6) is 0.819. The highest BCUT2D eigenvalue weighted by atomic mass is 16.5. The van der Waals surface area contributed by atoms with Gasteiger partial charge in [0.25, 0.3) is 0 Å². The van der Waals surface area contributed by atoms with Gasteiger partial charge in [-0.15, -0.1) is 0 Å². The minimum absolute atomic E-state index is 0.138. The Morgan fingerprint density at radius 1 is 1.19 bits per heavy atom. The zero-order chi connectivity index (χ0) is 15.2. The molecule has 1 atom stereocenters. The van der Waals surface area contributed by atoms with E-state index in [9.17, 15) is 0 Å². The van der Waals surface area contributed by atoms with Crippen molar-refractivity contribution in [2.24, 2.45) is 0 Å². The van der Waals surface area contributed by atoms with Crippen molar-refractivity contribution in [3.63, 3.8) is 0 Å². The second-order valence-corrected chi connectivity index (χ2v) is 5.47. The smallest absolute Gasteiger partial charge is 0.138 e. The Morgan fingerprint density at radius 2 is 1.95 bits per heavy atom. The maximum atomic E-state index is 5.76. The molecule has 3 nitrogen and oxygen atoms in total. The molecule has 3 heteroatoms. The molecule has 0 radical (unpaired) electrons. The fourth-order valence-electron chi connectivity index (χ4n) is 2.45. The van der Waals surface area contributed by atoms with Crippen LogP contribution in [-0.4, -0.2) is 17.6 Å². The van der Waals surface area contributed by atoms with Crippen LogP contribution in [0.25, 0.3) is 0 Å². The molecule has 1 heterocycles. The first-order valence-electron chi connectivity index (χ1n) is 7.52. The first-order chi connectivity index (χ1) is 10.1. The van der Waals surface area contributed by atoms with Gasteiger partial charge in [0.05, 0.1) is 18.3 Å². The summed E-state index contributed by atoms with van der Waals surface area (Å²) < 4.78 is 5.76. The summed E-state index contributed by atoms with van der Waals surface area (Å²) >= 11 is 0. The third-order valence-corrected chi connectivity index (χ3v) is 3.35. The number of hydrogen-bond acceptors (Lipinski definition) is 3. The number of hydrogen-bond donors (Lipinski definition) is 1. The van der Waals surface area contributed by atoms with Gasteiger partial charge in [-0.1, -0.05) is 31.2 Å². The zero-order valence-electron chi connectivity index (χ0n) is 13.3. The molecule has 0 aliphatic heterocycles. The fraction of sp³-hybridized carbons (Fsp3) is 0.389. The van der Waals surface area contributed by atoms with Gasteiger partial charge in [-0.25, -0.2) is 0 Å². The van der Waals surface area contributed by atoms with Gasteiger partial charge in [-0.3, -0.25) is 4.98 Å². The van der Waals surface area contributed by atoms with Crippen LogP contribution in [0.15, 0.2) is 42.7 Å². The van der Waals surface area contributed by atoms with Gasteiger partial charge in [-0.05, 0) is 50.1 Å². The molecule has 112 valence electrons. The number of aryl methyl sites for hydroxylation is 1. The molecule has 1 aromatic carbocycles. The monoisotopic (exact) mass is 284 g/mol. The van der Waals surface area contributed by atoms with Crippen LogP contribution >= 0.6 is 0 Å². The summed E-state index contributed by atoms with van der Waals surface area (Å²) in [6.45, 7) is 9.20. The van der Waals surface area contributed by atoms with Crippen molar-refractivity contribution in [1.29, 1.82) is 0 Å². The lowest BCUT2D eigenvalue weighted by molar-refractivity contribution is 0.241. The quantitative estimate of drug-likeness (QED) is 0.874. The molecule has 1 aromatic heterocycles. The number of rotatable bonds is 6.